The fourth-order valence-corrected chi connectivity index (χ4v) is 3.78. The number of hydrogen-bond acceptors (Lipinski definition) is 5. The molecule has 0 atom stereocenters. The van der Waals surface area contributed by atoms with Gasteiger partial charge in [-0.25, -0.2) is 13.4 Å². The molecule has 92 valence electrons. The number of sulfone groups is 1. The summed E-state index contributed by atoms with van der Waals surface area (Å²) in [6, 6.07) is 0. The molecule has 1 aromatic heterocycles. The summed E-state index contributed by atoms with van der Waals surface area (Å²) in [6.07, 6.45) is 1.99. The zero-order valence-electron chi connectivity index (χ0n) is 10.1. The summed E-state index contributed by atoms with van der Waals surface area (Å²) in [4.78, 5) is 5.32. The molecule has 1 heterocycles. The molecule has 0 amide bonds. The van der Waals surface area contributed by atoms with Crippen LogP contribution in [-0.2, 0) is 27.5 Å². The van der Waals surface area contributed by atoms with Gasteiger partial charge in [-0.15, -0.1) is 11.3 Å². The maximum absolute atomic E-state index is 11.2. The van der Waals surface area contributed by atoms with Gasteiger partial charge in [0.25, 0.3) is 0 Å². The van der Waals surface area contributed by atoms with Gasteiger partial charge in [0.15, 0.2) is 9.84 Å². The predicted octanol–water partition coefficient (Wildman–Crippen LogP) is 1.44. The summed E-state index contributed by atoms with van der Waals surface area (Å²) in [7, 11) is -3.03. The van der Waals surface area contributed by atoms with E-state index in [1.807, 2.05) is 20.8 Å². The first kappa shape index (κ1) is 13.6. The van der Waals surface area contributed by atoms with Gasteiger partial charge in [0.1, 0.15) is 10.8 Å². The molecule has 0 fully saturated rings. The molecule has 0 aliphatic heterocycles. The summed E-state index contributed by atoms with van der Waals surface area (Å²) in [6.45, 7) is 5.81. The average molecular weight is 262 g/mol. The molecular weight excluding hydrogens is 244 g/mol. The molecule has 0 aliphatic rings. The van der Waals surface area contributed by atoms with Crippen LogP contribution < -0.4 is 5.73 Å². The van der Waals surface area contributed by atoms with Crippen molar-refractivity contribution in [3.8, 4) is 0 Å². The van der Waals surface area contributed by atoms with Crippen molar-refractivity contribution in [3.05, 3.63) is 15.6 Å². The lowest BCUT2D eigenvalue weighted by Gasteiger charge is -2.17. The van der Waals surface area contributed by atoms with Crippen molar-refractivity contribution < 1.29 is 8.42 Å². The van der Waals surface area contributed by atoms with Crippen molar-refractivity contribution in [3.63, 3.8) is 0 Å². The van der Waals surface area contributed by atoms with E-state index >= 15 is 0 Å². The van der Waals surface area contributed by atoms with Gasteiger partial charge < -0.3 is 5.73 Å². The first-order chi connectivity index (χ1) is 7.13. The van der Waals surface area contributed by atoms with E-state index in [2.05, 4.69) is 4.98 Å². The second-order valence-corrected chi connectivity index (χ2v) is 7.75. The van der Waals surface area contributed by atoms with E-state index in [1.54, 1.807) is 0 Å². The summed E-state index contributed by atoms with van der Waals surface area (Å²) in [5, 5.41) is 0.632. The third-order valence-electron chi connectivity index (χ3n) is 2.05. The third kappa shape index (κ3) is 3.54. The summed E-state index contributed by atoms with van der Waals surface area (Å²) in [5.74, 6) is 0.000741. The molecular formula is C10H18N2O2S2. The Hall–Kier alpha value is -0.460. The number of hydrogen-bond donors (Lipinski definition) is 1. The van der Waals surface area contributed by atoms with Gasteiger partial charge in [0.2, 0.25) is 0 Å². The molecule has 2 N–H and O–H groups in total. The lowest BCUT2D eigenvalue weighted by molar-refractivity contribution is 0.559. The van der Waals surface area contributed by atoms with E-state index < -0.39 is 15.4 Å². The van der Waals surface area contributed by atoms with E-state index in [0.717, 1.165) is 17.0 Å². The van der Waals surface area contributed by atoms with Crippen LogP contribution in [0, 0.1) is 0 Å². The molecule has 1 rings (SSSR count). The van der Waals surface area contributed by atoms with Crippen molar-refractivity contribution in [1.29, 1.82) is 0 Å². The molecule has 0 radical (unpaired) electrons. The Balaban J connectivity index is 3.14. The van der Waals surface area contributed by atoms with E-state index in [-0.39, 0.29) is 5.75 Å². The fourth-order valence-electron chi connectivity index (χ4n) is 1.43. The first-order valence-corrected chi connectivity index (χ1v) is 7.97. The highest BCUT2D eigenvalue weighted by Crippen LogP contribution is 2.29. The van der Waals surface area contributed by atoms with Crippen LogP contribution in [0.5, 0.6) is 0 Å². The molecule has 0 spiro atoms. The molecule has 0 aromatic carbocycles. The SMILES string of the molecule is CCc1nc(CS(C)(=O)=O)sc1C(C)(C)N. The lowest BCUT2D eigenvalue weighted by atomic mass is 10.0. The van der Waals surface area contributed by atoms with Crippen LogP contribution in [0.25, 0.3) is 0 Å². The highest BCUT2D eigenvalue weighted by molar-refractivity contribution is 7.90. The smallest absolute Gasteiger partial charge is 0.153 e. The Bertz CT molecular complexity index is 469. The highest BCUT2D eigenvalue weighted by Gasteiger charge is 2.23. The van der Waals surface area contributed by atoms with Crippen LogP contribution >= 0.6 is 11.3 Å². The van der Waals surface area contributed by atoms with Gasteiger partial charge in [0.05, 0.1) is 5.69 Å². The zero-order chi connectivity index (χ0) is 12.6. The van der Waals surface area contributed by atoms with Crippen LogP contribution in [0.1, 0.15) is 36.3 Å². The fraction of sp³-hybridized carbons (Fsp3) is 0.700. The molecule has 0 bridgehead atoms. The molecule has 0 saturated heterocycles. The van der Waals surface area contributed by atoms with Gasteiger partial charge in [-0.3, -0.25) is 0 Å². The Morgan fingerprint density at radius 3 is 2.31 bits per heavy atom. The molecule has 4 nitrogen and oxygen atoms in total. The molecule has 6 heteroatoms. The Morgan fingerprint density at radius 2 is 2.00 bits per heavy atom. The van der Waals surface area contributed by atoms with Gasteiger partial charge >= 0.3 is 0 Å². The average Bonchev–Trinajstić information content (AvgIpc) is 2.43. The number of nitrogens with two attached hydrogens (primary N) is 1. The number of aryl methyl sites for hydroxylation is 1. The van der Waals surface area contributed by atoms with Crippen molar-refractivity contribution in [2.24, 2.45) is 5.73 Å². The van der Waals surface area contributed by atoms with Crippen LogP contribution in [-0.4, -0.2) is 19.7 Å². The Morgan fingerprint density at radius 1 is 1.44 bits per heavy atom. The summed E-state index contributed by atoms with van der Waals surface area (Å²) >= 11 is 1.40. The maximum Gasteiger partial charge on any atom is 0.153 e. The van der Waals surface area contributed by atoms with Crippen molar-refractivity contribution in [1.82, 2.24) is 4.98 Å². The topological polar surface area (TPSA) is 73.0 Å². The first-order valence-electron chi connectivity index (χ1n) is 5.09. The minimum atomic E-state index is -3.03. The van der Waals surface area contributed by atoms with Crippen LogP contribution in [0.4, 0.5) is 0 Å². The minimum Gasteiger partial charge on any atom is -0.321 e. The molecule has 0 saturated carbocycles. The van der Waals surface area contributed by atoms with Gasteiger partial charge in [-0.2, -0.15) is 0 Å². The lowest BCUT2D eigenvalue weighted by Crippen LogP contribution is -2.28. The zero-order valence-corrected chi connectivity index (χ0v) is 11.7. The van der Waals surface area contributed by atoms with Crippen LogP contribution in [0.2, 0.25) is 0 Å². The molecule has 16 heavy (non-hydrogen) atoms. The summed E-state index contributed by atoms with van der Waals surface area (Å²) < 4.78 is 22.4. The Labute approximate surface area is 101 Å². The Kier molecular flexibility index (Phi) is 3.76. The minimum absolute atomic E-state index is 0.000741. The second kappa shape index (κ2) is 4.43. The second-order valence-electron chi connectivity index (χ2n) is 4.53. The van der Waals surface area contributed by atoms with E-state index in [4.69, 9.17) is 5.73 Å². The van der Waals surface area contributed by atoms with Gasteiger partial charge in [-0.05, 0) is 20.3 Å². The monoisotopic (exact) mass is 262 g/mol. The number of thiazole rings is 1. The highest BCUT2D eigenvalue weighted by atomic mass is 32.2. The van der Waals surface area contributed by atoms with Crippen LogP contribution in [0.3, 0.4) is 0 Å². The standard InChI is InChI=1S/C10H18N2O2S2/c1-5-7-9(10(2,3)11)15-8(12-7)6-16(4,13)14/h5-6,11H2,1-4H3. The quantitative estimate of drug-likeness (QED) is 0.891. The third-order valence-corrected chi connectivity index (χ3v) is 4.47. The molecule has 0 unspecified atom stereocenters. The number of aromatic nitrogens is 1. The van der Waals surface area contributed by atoms with Crippen molar-refractivity contribution in [2.45, 2.75) is 38.5 Å². The van der Waals surface area contributed by atoms with E-state index in [9.17, 15) is 8.42 Å². The number of rotatable bonds is 4. The van der Waals surface area contributed by atoms with Crippen molar-refractivity contribution in [2.75, 3.05) is 6.26 Å². The van der Waals surface area contributed by atoms with Gasteiger partial charge in [0, 0.05) is 16.7 Å². The summed E-state index contributed by atoms with van der Waals surface area (Å²) in [5.41, 5.74) is 6.48. The van der Waals surface area contributed by atoms with Crippen molar-refractivity contribution >= 4 is 21.2 Å². The molecule has 1 aromatic rings. The largest absolute Gasteiger partial charge is 0.321 e. The number of nitrogens with zero attached hydrogens (tertiary/aromatic N) is 1. The van der Waals surface area contributed by atoms with Crippen LogP contribution in [0.15, 0.2) is 0 Å². The van der Waals surface area contributed by atoms with E-state index in [1.165, 1.54) is 17.6 Å². The van der Waals surface area contributed by atoms with Gasteiger partial charge in [-0.1, -0.05) is 6.92 Å². The normalized spacial score (nSPS) is 13.1. The maximum atomic E-state index is 11.2. The van der Waals surface area contributed by atoms with E-state index in [0.29, 0.717) is 5.01 Å². The molecule has 0 aliphatic carbocycles. The predicted molar refractivity (Wildman–Crippen MR) is 67.3 cm³/mol.